The van der Waals surface area contributed by atoms with Crippen molar-refractivity contribution < 1.29 is 4.79 Å². The second-order valence-electron chi connectivity index (χ2n) is 8.06. The highest BCUT2D eigenvalue weighted by Crippen LogP contribution is 2.22. The Balaban J connectivity index is 1.56. The van der Waals surface area contributed by atoms with Gasteiger partial charge in [0.1, 0.15) is 0 Å². The van der Waals surface area contributed by atoms with Crippen LogP contribution in [0.5, 0.6) is 0 Å². The first kappa shape index (κ1) is 21.9. The molecule has 164 valence electrons. The highest BCUT2D eigenvalue weighted by atomic mass is 35.5. The van der Waals surface area contributed by atoms with E-state index in [0.29, 0.717) is 11.5 Å². The van der Waals surface area contributed by atoms with Crippen LogP contribution in [-0.4, -0.2) is 42.9 Å². The Labute approximate surface area is 194 Å². The van der Waals surface area contributed by atoms with Gasteiger partial charge >= 0.3 is 0 Å². The Hall–Kier alpha value is -3.31. The Morgan fingerprint density at radius 3 is 2.22 bits per heavy atom. The Morgan fingerprint density at radius 2 is 1.56 bits per heavy atom. The number of amides is 1. The van der Waals surface area contributed by atoms with Crippen LogP contribution < -0.4 is 10.2 Å². The smallest absolute Gasteiger partial charge is 0.257 e. The normalized spacial score (nSPS) is 14.4. The number of aryl methyl sites for hydroxylation is 2. The molecule has 0 radical (unpaired) electrons. The monoisotopic (exact) mass is 446 g/mol. The minimum atomic E-state index is -0.161. The molecule has 1 saturated heterocycles. The van der Waals surface area contributed by atoms with Gasteiger partial charge in [0.2, 0.25) is 5.96 Å². The molecule has 5 nitrogen and oxygen atoms in total. The van der Waals surface area contributed by atoms with E-state index >= 15 is 0 Å². The highest BCUT2D eigenvalue weighted by Gasteiger charge is 2.22. The predicted molar refractivity (Wildman–Crippen MR) is 132 cm³/mol. The topological polar surface area (TPSA) is 47.9 Å². The number of guanidine groups is 1. The number of rotatable bonds is 3. The number of nitrogens with one attached hydrogen (secondary N) is 1. The van der Waals surface area contributed by atoms with E-state index in [4.69, 9.17) is 16.6 Å². The SMILES string of the molecule is Cc1cc(C)cc(N=C(NC(=O)c2ccccc2)N2CCN(c3cccc(Cl)c3)CC2)c1. The third-order valence-electron chi connectivity index (χ3n) is 5.46. The van der Waals surface area contributed by atoms with E-state index in [2.05, 4.69) is 41.1 Å². The van der Waals surface area contributed by atoms with Crippen molar-refractivity contribution in [2.45, 2.75) is 13.8 Å². The Morgan fingerprint density at radius 1 is 0.875 bits per heavy atom. The minimum Gasteiger partial charge on any atom is -0.368 e. The molecule has 0 aliphatic carbocycles. The summed E-state index contributed by atoms with van der Waals surface area (Å²) >= 11 is 6.17. The maximum atomic E-state index is 12.9. The van der Waals surface area contributed by atoms with Gasteiger partial charge in [-0.25, -0.2) is 4.99 Å². The number of piperazine rings is 1. The lowest BCUT2D eigenvalue weighted by molar-refractivity contribution is 0.0972. The summed E-state index contributed by atoms with van der Waals surface area (Å²) in [6, 6.07) is 23.3. The number of aliphatic imine (C=N–C) groups is 1. The fourth-order valence-electron chi connectivity index (χ4n) is 3.93. The molecule has 4 rings (SSSR count). The molecule has 0 unspecified atom stereocenters. The summed E-state index contributed by atoms with van der Waals surface area (Å²) in [4.78, 5) is 22.2. The number of benzene rings is 3. The van der Waals surface area contributed by atoms with Gasteiger partial charge in [0, 0.05) is 42.5 Å². The zero-order chi connectivity index (χ0) is 22.5. The molecular weight excluding hydrogens is 420 g/mol. The number of hydrogen-bond donors (Lipinski definition) is 1. The van der Waals surface area contributed by atoms with E-state index in [9.17, 15) is 4.79 Å². The van der Waals surface area contributed by atoms with Crippen LogP contribution in [0.2, 0.25) is 5.02 Å². The fraction of sp³-hybridized carbons (Fsp3) is 0.231. The molecule has 32 heavy (non-hydrogen) atoms. The zero-order valence-corrected chi connectivity index (χ0v) is 19.1. The first-order chi connectivity index (χ1) is 15.5. The number of halogens is 1. The summed E-state index contributed by atoms with van der Waals surface area (Å²) in [5.74, 6) is 0.417. The van der Waals surface area contributed by atoms with Gasteiger partial charge in [0.15, 0.2) is 0 Å². The van der Waals surface area contributed by atoms with Gasteiger partial charge in [0.05, 0.1) is 5.69 Å². The van der Waals surface area contributed by atoms with Crippen LogP contribution in [0, 0.1) is 13.8 Å². The van der Waals surface area contributed by atoms with E-state index in [1.807, 2.05) is 48.5 Å². The lowest BCUT2D eigenvalue weighted by Gasteiger charge is -2.37. The predicted octanol–water partition coefficient (Wildman–Crippen LogP) is 5.20. The second kappa shape index (κ2) is 9.88. The average molecular weight is 447 g/mol. The first-order valence-electron chi connectivity index (χ1n) is 10.8. The Kier molecular flexibility index (Phi) is 6.76. The summed E-state index contributed by atoms with van der Waals surface area (Å²) in [5, 5.41) is 3.78. The lowest BCUT2D eigenvalue weighted by Crippen LogP contribution is -2.53. The quantitative estimate of drug-likeness (QED) is 0.444. The molecule has 1 aliphatic rings. The van der Waals surface area contributed by atoms with Crippen molar-refractivity contribution in [1.29, 1.82) is 0 Å². The molecule has 1 aliphatic heterocycles. The fourth-order valence-corrected chi connectivity index (χ4v) is 4.11. The number of anilines is 1. The van der Waals surface area contributed by atoms with Gasteiger partial charge in [-0.2, -0.15) is 0 Å². The Bertz CT molecular complexity index is 1100. The summed E-state index contributed by atoms with van der Waals surface area (Å²) in [6.07, 6.45) is 0. The summed E-state index contributed by atoms with van der Waals surface area (Å²) in [7, 11) is 0. The molecule has 3 aromatic rings. The third-order valence-corrected chi connectivity index (χ3v) is 5.69. The van der Waals surface area contributed by atoms with Crippen LogP contribution in [0.3, 0.4) is 0 Å². The first-order valence-corrected chi connectivity index (χ1v) is 11.1. The van der Waals surface area contributed by atoms with Crippen molar-refractivity contribution in [3.63, 3.8) is 0 Å². The van der Waals surface area contributed by atoms with Crippen molar-refractivity contribution in [2.75, 3.05) is 31.1 Å². The lowest BCUT2D eigenvalue weighted by atomic mass is 10.1. The van der Waals surface area contributed by atoms with Gasteiger partial charge in [0.25, 0.3) is 5.91 Å². The van der Waals surface area contributed by atoms with Gasteiger partial charge in [-0.15, -0.1) is 0 Å². The largest absolute Gasteiger partial charge is 0.368 e. The molecule has 0 bridgehead atoms. The van der Waals surface area contributed by atoms with E-state index < -0.39 is 0 Å². The maximum Gasteiger partial charge on any atom is 0.257 e. The van der Waals surface area contributed by atoms with Crippen LogP contribution in [0.15, 0.2) is 77.8 Å². The summed E-state index contributed by atoms with van der Waals surface area (Å²) in [5.41, 5.74) is 4.84. The van der Waals surface area contributed by atoms with Crippen LogP contribution in [0.4, 0.5) is 11.4 Å². The van der Waals surface area contributed by atoms with E-state index in [1.54, 1.807) is 12.1 Å². The molecule has 1 N–H and O–H groups in total. The zero-order valence-electron chi connectivity index (χ0n) is 18.4. The number of carbonyl (C=O) groups is 1. The number of nitrogens with zero attached hydrogens (tertiary/aromatic N) is 3. The van der Waals surface area contributed by atoms with Crippen LogP contribution in [0.25, 0.3) is 0 Å². The molecule has 1 heterocycles. The maximum absolute atomic E-state index is 12.9. The minimum absolute atomic E-state index is 0.161. The van der Waals surface area contributed by atoms with E-state index in [0.717, 1.165) is 53.7 Å². The van der Waals surface area contributed by atoms with E-state index in [-0.39, 0.29) is 5.91 Å². The molecule has 3 aromatic carbocycles. The standard InChI is InChI=1S/C26H27ClN4O/c1-19-15-20(2)17-23(16-19)28-26(29-25(32)21-7-4-3-5-8-21)31-13-11-30(12-14-31)24-10-6-9-22(27)18-24/h3-10,15-18H,11-14H2,1-2H3,(H,28,29,32). The molecule has 0 aromatic heterocycles. The van der Waals surface area contributed by atoms with Crippen molar-refractivity contribution in [1.82, 2.24) is 10.2 Å². The van der Waals surface area contributed by atoms with Gasteiger partial charge < -0.3 is 9.80 Å². The summed E-state index contributed by atoms with van der Waals surface area (Å²) < 4.78 is 0. The van der Waals surface area contributed by atoms with Crippen LogP contribution >= 0.6 is 11.6 Å². The molecule has 0 spiro atoms. The molecule has 1 amide bonds. The second-order valence-corrected chi connectivity index (χ2v) is 8.49. The number of carbonyl (C=O) groups excluding carboxylic acids is 1. The van der Waals surface area contributed by atoms with Crippen LogP contribution in [-0.2, 0) is 0 Å². The molecule has 1 fully saturated rings. The number of hydrogen-bond acceptors (Lipinski definition) is 3. The van der Waals surface area contributed by atoms with Crippen molar-refractivity contribution >= 4 is 34.8 Å². The highest BCUT2D eigenvalue weighted by molar-refractivity contribution is 6.30. The van der Waals surface area contributed by atoms with Gasteiger partial charge in [-0.3, -0.25) is 10.1 Å². The molecule has 0 atom stereocenters. The van der Waals surface area contributed by atoms with Crippen LogP contribution in [0.1, 0.15) is 21.5 Å². The van der Waals surface area contributed by atoms with Crippen molar-refractivity contribution in [3.8, 4) is 0 Å². The van der Waals surface area contributed by atoms with Crippen molar-refractivity contribution in [2.24, 2.45) is 4.99 Å². The van der Waals surface area contributed by atoms with Gasteiger partial charge in [-0.1, -0.05) is 41.9 Å². The molecule has 6 heteroatoms. The molecular formula is C26H27ClN4O. The summed E-state index contributed by atoms with van der Waals surface area (Å²) in [6.45, 7) is 7.22. The van der Waals surface area contributed by atoms with E-state index in [1.165, 1.54) is 0 Å². The van der Waals surface area contributed by atoms with Crippen molar-refractivity contribution in [3.05, 3.63) is 94.5 Å². The third kappa shape index (κ3) is 5.48. The average Bonchev–Trinajstić information content (AvgIpc) is 2.79. The molecule has 0 saturated carbocycles. The van der Waals surface area contributed by atoms with Gasteiger partial charge in [-0.05, 0) is 67.4 Å².